The number of piperidine rings is 1. The van der Waals surface area contributed by atoms with E-state index in [9.17, 15) is 4.79 Å². The number of hydrogen-bond donors (Lipinski definition) is 2. The minimum Gasteiger partial charge on any atom is -0.396 e. The number of carbonyl (C=O) groups is 1. The zero-order chi connectivity index (χ0) is 13.4. The molecule has 0 saturated carbocycles. The molecule has 2 N–H and O–H groups in total. The molecule has 106 valence electrons. The summed E-state index contributed by atoms with van der Waals surface area (Å²) >= 11 is 0. The number of amides is 1. The van der Waals surface area contributed by atoms with Gasteiger partial charge in [-0.2, -0.15) is 0 Å². The smallest absolute Gasteiger partial charge is 0.234 e. The first-order chi connectivity index (χ1) is 8.71. The Kier molecular flexibility index (Phi) is 7.28. The molecular formula is C14H28N2O2. The maximum atomic E-state index is 12.0. The van der Waals surface area contributed by atoms with Crippen LogP contribution in [0.3, 0.4) is 0 Å². The largest absolute Gasteiger partial charge is 0.396 e. The van der Waals surface area contributed by atoms with Crippen molar-refractivity contribution in [2.24, 2.45) is 0 Å². The monoisotopic (exact) mass is 256 g/mol. The Labute approximate surface area is 111 Å². The normalized spacial score (nSPS) is 21.2. The molecule has 1 unspecified atom stereocenters. The van der Waals surface area contributed by atoms with Crippen molar-refractivity contribution in [1.29, 1.82) is 0 Å². The molecule has 1 rings (SSSR count). The van der Waals surface area contributed by atoms with Crippen LogP contribution >= 0.6 is 0 Å². The van der Waals surface area contributed by atoms with E-state index in [0.29, 0.717) is 18.6 Å². The lowest BCUT2D eigenvalue weighted by atomic mass is 9.99. The standard InChI is InChI=1S/C14H28N2O2/c1-3-12(4-2)15-14(18)11-16-9-6-5-7-13(16)8-10-17/h12-13,17H,3-11H2,1-2H3,(H,15,18). The lowest BCUT2D eigenvalue weighted by Crippen LogP contribution is -2.47. The summed E-state index contributed by atoms with van der Waals surface area (Å²) in [4.78, 5) is 14.2. The highest BCUT2D eigenvalue weighted by atomic mass is 16.3. The Morgan fingerprint density at radius 3 is 2.72 bits per heavy atom. The van der Waals surface area contributed by atoms with E-state index in [1.54, 1.807) is 0 Å². The molecule has 1 amide bonds. The summed E-state index contributed by atoms with van der Waals surface area (Å²) in [6, 6.07) is 0.690. The molecular weight excluding hydrogens is 228 g/mol. The lowest BCUT2D eigenvalue weighted by Gasteiger charge is -2.35. The molecule has 1 saturated heterocycles. The van der Waals surface area contributed by atoms with E-state index in [-0.39, 0.29) is 12.5 Å². The molecule has 0 aromatic carbocycles. The number of aliphatic hydroxyl groups excluding tert-OH is 1. The van der Waals surface area contributed by atoms with Crippen LogP contribution in [0.25, 0.3) is 0 Å². The molecule has 0 aliphatic carbocycles. The van der Waals surface area contributed by atoms with Crippen molar-refractivity contribution < 1.29 is 9.90 Å². The molecule has 1 aliphatic rings. The van der Waals surface area contributed by atoms with Gasteiger partial charge in [0.25, 0.3) is 0 Å². The van der Waals surface area contributed by atoms with Crippen LogP contribution in [0.15, 0.2) is 0 Å². The van der Waals surface area contributed by atoms with Crippen LogP contribution in [0.2, 0.25) is 0 Å². The van der Waals surface area contributed by atoms with E-state index in [0.717, 1.165) is 32.2 Å². The van der Waals surface area contributed by atoms with Gasteiger partial charge in [0.05, 0.1) is 6.54 Å². The summed E-state index contributed by atoms with van der Waals surface area (Å²) in [5.74, 6) is 0.133. The van der Waals surface area contributed by atoms with E-state index in [1.807, 2.05) is 0 Å². The quantitative estimate of drug-likeness (QED) is 0.726. The zero-order valence-electron chi connectivity index (χ0n) is 11.8. The summed E-state index contributed by atoms with van der Waals surface area (Å²) < 4.78 is 0. The fraction of sp³-hybridized carbons (Fsp3) is 0.929. The molecule has 1 heterocycles. The highest BCUT2D eigenvalue weighted by Gasteiger charge is 2.24. The SMILES string of the molecule is CCC(CC)NC(=O)CN1CCCCC1CCO. The molecule has 0 radical (unpaired) electrons. The van der Waals surface area contributed by atoms with E-state index in [1.165, 1.54) is 12.8 Å². The molecule has 1 aliphatic heterocycles. The fourth-order valence-electron chi connectivity index (χ4n) is 2.69. The summed E-state index contributed by atoms with van der Waals surface area (Å²) in [7, 11) is 0. The van der Waals surface area contributed by atoms with Gasteiger partial charge >= 0.3 is 0 Å². The Bertz CT molecular complexity index is 240. The van der Waals surface area contributed by atoms with Crippen molar-refractivity contribution in [3.05, 3.63) is 0 Å². The van der Waals surface area contributed by atoms with Crippen LogP contribution in [-0.2, 0) is 4.79 Å². The van der Waals surface area contributed by atoms with Crippen LogP contribution in [-0.4, -0.2) is 47.7 Å². The molecule has 4 heteroatoms. The summed E-state index contributed by atoms with van der Waals surface area (Å²) in [6.07, 6.45) is 6.26. The summed E-state index contributed by atoms with van der Waals surface area (Å²) in [5, 5.41) is 12.1. The number of likely N-dealkylation sites (tertiary alicyclic amines) is 1. The van der Waals surface area contributed by atoms with Gasteiger partial charge in [0.2, 0.25) is 5.91 Å². The lowest BCUT2D eigenvalue weighted by molar-refractivity contribution is -0.124. The van der Waals surface area contributed by atoms with Crippen molar-refractivity contribution in [3.8, 4) is 0 Å². The van der Waals surface area contributed by atoms with E-state index in [4.69, 9.17) is 5.11 Å². The minimum absolute atomic E-state index is 0.133. The number of nitrogens with zero attached hydrogens (tertiary/aromatic N) is 1. The molecule has 0 bridgehead atoms. The second-order valence-corrected chi connectivity index (χ2v) is 5.21. The highest BCUT2D eigenvalue weighted by molar-refractivity contribution is 5.78. The molecule has 1 fully saturated rings. The summed E-state index contributed by atoms with van der Waals surface area (Å²) in [5.41, 5.74) is 0. The zero-order valence-corrected chi connectivity index (χ0v) is 11.8. The minimum atomic E-state index is 0.133. The molecule has 0 aromatic heterocycles. The van der Waals surface area contributed by atoms with Crippen molar-refractivity contribution >= 4 is 5.91 Å². The Morgan fingerprint density at radius 2 is 2.11 bits per heavy atom. The van der Waals surface area contributed by atoms with Crippen LogP contribution < -0.4 is 5.32 Å². The fourth-order valence-corrected chi connectivity index (χ4v) is 2.69. The highest BCUT2D eigenvalue weighted by Crippen LogP contribution is 2.18. The molecule has 1 atom stereocenters. The van der Waals surface area contributed by atoms with E-state index in [2.05, 4.69) is 24.1 Å². The predicted octanol–water partition coefficient (Wildman–Crippen LogP) is 1.53. The first kappa shape index (κ1) is 15.4. The van der Waals surface area contributed by atoms with E-state index >= 15 is 0 Å². The second-order valence-electron chi connectivity index (χ2n) is 5.21. The van der Waals surface area contributed by atoms with Crippen molar-refractivity contribution in [2.75, 3.05) is 19.7 Å². The van der Waals surface area contributed by atoms with Crippen molar-refractivity contribution in [1.82, 2.24) is 10.2 Å². The summed E-state index contributed by atoms with van der Waals surface area (Å²) in [6.45, 7) is 5.89. The first-order valence-corrected chi connectivity index (χ1v) is 7.35. The van der Waals surface area contributed by atoms with Crippen LogP contribution in [0.5, 0.6) is 0 Å². The van der Waals surface area contributed by atoms with Crippen molar-refractivity contribution in [2.45, 2.75) is 64.5 Å². The average molecular weight is 256 g/mol. The molecule has 4 nitrogen and oxygen atoms in total. The Hall–Kier alpha value is -0.610. The molecule has 18 heavy (non-hydrogen) atoms. The van der Waals surface area contributed by atoms with Gasteiger partial charge in [0.1, 0.15) is 0 Å². The molecule has 0 spiro atoms. The van der Waals surface area contributed by atoms with E-state index < -0.39 is 0 Å². The van der Waals surface area contributed by atoms with Gasteiger partial charge in [0.15, 0.2) is 0 Å². The second kappa shape index (κ2) is 8.48. The number of hydrogen-bond acceptors (Lipinski definition) is 3. The third-order valence-electron chi connectivity index (χ3n) is 3.91. The van der Waals surface area contributed by atoms with Gasteiger partial charge < -0.3 is 10.4 Å². The van der Waals surface area contributed by atoms with Gasteiger partial charge in [-0.3, -0.25) is 9.69 Å². The van der Waals surface area contributed by atoms with Gasteiger partial charge in [-0.1, -0.05) is 20.3 Å². The number of nitrogens with one attached hydrogen (secondary N) is 1. The predicted molar refractivity (Wildman–Crippen MR) is 73.4 cm³/mol. The van der Waals surface area contributed by atoms with Crippen molar-refractivity contribution in [3.63, 3.8) is 0 Å². The van der Waals surface area contributed by atoms with Gasteiger partial charge in [0, 0.05) is 18.7 Å². The van der Waals surface area contributed by atoms with Gasteiger partial charge in [-0.15, -0.1) is 0 Å². The Morgan fingerprint density at radius 1 is 1.39 bits per heavy atom. The average Bonchev–Trinajstić information content (AvgIpc) is 2.38. The van der Waals surface area contributed by atoms with Gasteiger partial charge in [-0.25, -0.2) is 0 Å². The third kappa shape index (κ3) is 4.94. The van der Waals surface area contributed by atoms with Gasteiger partial charge in [-0.05, 0) is 38.6 Å². The Balaban J connectivity index is 2.40. The topological polar surface area (TPSA) is 52.6 Å². The first-order valence-electron chi connectivity index (χ1n) is 7.35. The van der Waals surface area contributed by atoms with Crippen LogP contribution in [0.1, 0.15) is 52.4 Å². The maximum absolute atomic E-state index is 12.0. The number of rotatable bonds is 7. The third-order valence-corrected chi connectivity index (χ3v) is 3.91. The van der Waals surface area contributed by atoms with Crippen LogP contribution in [0, 0.1) is 0 Å². The molecule has 0 aromatic rings. The number of carbonyl (C=O) groups excluding carboxylic acids is 1. The number of aliphatic hydroxyl groups is 1. The van der Waals surface area contributed by atoms with Crippen LogP contribution in [0.4, 0.5) is 0 Å². The maximum Gasteiger partial charge on any atom is 0.234 e.